The maximum Gasteiger partial charge on any atom is 0.0504 e. The Kier molecular flexibility index (Phi) is 3.21. The molecule has 1 aliphatic carbocycles. The van der Waals surface area contributed by atoms with Crippen molar-refractivity contribution in [3.8, 4) is 0 Å². The third-order valence-corrected chi connectivity index (χ3v) is 3.35. The second-order valence-corrected chi connectivity index (χ2v) is 4.45. The molecule has 3 nitrogen and oxygen atoms in total. The number of anilines is 1. The molecule has 0 atom stereocenters. The molecule has 15 heavy (non-hydrogen) atoms. The molecule has 3 heteroatoms. The Bertz CT molecular complexity index is 294. The number of rotatable bonds is 4. The predicted octanol–water partition coefficient (Wildman–Crippen LogP) is 2.05. The number of pyridine rings is 1. The van der Waals surface area contributed by atoms with E-state index in [0.717, 1.165) is 25.1 Å². The van der Waals surface area contributed by atoms with Crippen LogP contribution in [0.1, 0.15) is 25.7 Å². The highest BCUT2D eigenvalue weighted by atomic mass is 16.3. The predicted molar refractivity (Wildman–Crippen MR) is 60.7 cm³/mol. The zero-order valence-electron chi connectivity index (χ0n) is 8.95. The molecule has 0 saturated heterocycles. The van der Waals surface area contributed by atoms with Gasteiger partial charge in [0.05, 0.1) is 6.61 Å². The summed E-state index contributed by atoms with van der Waals surface area (Å²) in [6.07, 6.45) is 8.34. The third-order valence-electron chi connectivity index (χ3n) is 3.35. The average Bonchev–Trinajstić information content (AvgIpc) is 2.77. The molecule has 0 aromatic carbocycles. The molecule has 0 radical (unpaired) electrons. The highest BCUT2D eigenvalue weighted by molar-refractivity contribution is 5.40. The number of aliphatic hydroxyl groups is 1. The van der Waals surface area contributed by atoms with Crippen LogP contribution in [0.15, 0.2) is 24.5 Å². The molecule has 1 aromatic rings. The minimum absolute atomic E-state index is 0.114. The largest absolute Gasteiger partial charge is 0.396 e. The van der Waals surface area contributed by atoms with Gasteiger partial charge in [-0.25, -0.2) is 0 Å². The minimum atomic E-state index is 0.114. The van der Waals surface area contributed by atoms with Crippen molar-refractivity contribution in [1.82, 2.24) is 4.98 Å². The maximum atomic E-state index is 9.44. The van der Waals surface area contributed by atoms with Gasteiger partial charge in [-0.1, -0.05) is 12.8 Å². The van der Waals surface area contributed by atoms with Crippen molar-refractivity contribution in [2.75, 3.05) is 18.5 Å². The molecule has 1 heterocycles. The molecule has 2 N–H and O–H groups in total. The molecule has 0 spiro atoms. The monoisotopic (exact) mass is 206 g/mol. The van der Waals surface area contributed by atoms with E-state index >= 15 is 0 Å². The molecule has 82 valence electrons. The zero-order chi connectivity index (χ0) is 10.6. The molecule has 2 rings (SSSR count). The quantitative estimate of drug-likeness (QED) is 0.792. The number of aliphatic hydroxyl groups excluding tert-OH is 1. The molecule has 0 amide bonds. The van der Waals surface area contributed by atoms with Crippen LogP contribution in [-0.4, -0.2) is 23.2 Å². The standard InChI is InChI=1S/C12H18N2O/c15-10-12(5-1-2-6-12)9-14-11-3-7-13-8-4-11/h3-4,7-8,15H,1-2,5-6,9-10H2,(H,13,14). The van der Waals surface area contributed by atoms with E-state index in [1.807, 2.05) is 12.1 Å². The lowest BCUT2D eigenvalue weighted by atomic mass is 9.87. The fraction of sp³-hybridized carbons (Fsp3) is 0.583. The number of hydrogen-bond acceptors (Lipinski definition) is 3. The Balaban J connectivity index is 1.92. The highest BCUT2D eigenvalue weighted by Crippen LogP contribution is 2.37. The molecule has 0 aliphatic heterocycles. The molecule has 1 aliphatic rings. The van der Waals surface area contributed by atoms with Crippen LogP contribution in [-0.2, 0) is 0 Å². The van der Waals surface area contributed by atoms with Crippen molar-refractivity contribution in [2.45, 2.75) is 25.7 Å². The topological polar surface area (TPSA) is 45.1 Å². The van der Waals surface area contributed by atoms with E-state index in [1.165, 1.54) is 12.8 Å². The SMILES string of the molecule is OCC1(CNc2ccncc2)CCCC1. The van der Waals surface area contributed by atoms with Gasteiger partial charge in [0.25, 0.3) is 0 Å². The molecule has 1 fully saturated rings. The summed E-state index contributed by atoms with van der Waals surface area (Å²) in [5.41, 5.74) is 1.20. The highest BCUT2D eigenvalue weighted by Gasteiger charge is 2.32. The first-order valence-electron chi connectivity index (χ1n) is 5.59. The molecule has 1 saturated carbocycles. The Morgan fingerprint density at radius 3 is 2.53 bits per heavy atom. The summed E-state index contributed by atoms with van der Waals surface area (Å²) in [5.74, 6) is 0. The van der Waals surface area contributed by atoms with E-state index in [1.54, 1.807) is 12.4 Å². The van der Waals surface area contributed by atoms with Gasteiger partial charge in [-0.2, -0.15) is 0 Å². The van der Waals surface area contributed by atoms with Crippen LogP contribution in [0.4, 0.5) is 5.69 Å². The van der Waals surface area contributed by atoms with E-state index in [0.29, 0.717) is 6.61 Å². The Hall–Kier alpha value is -1.09. The van der Waals surface area contributed by atoms with Crippen molar-refractivity contribution >= 4 is 5.69 Å². The van der Waals surface area contributed by atoms with Crippen LogP contribution >= 0.6 is 0 Å². The van der Waals surface area contributed by atoms with Gasteiger partial charge in [0.15, 0.2) is 0 Å². The van der Waals surface area contributed by atoms with Crippen LogP contribution < -0.4 is 5.32 Å². The summed E-state index contributed by atoms with van der Waals surface area (Å²) < 4.78 is 0. The van der Waals surface area contributed by atoms with E-state index in [4.69, 9.17) is 0 Å². The summed E-state index contributed by atoms with van der Waals surface area (Å²) in [5, 5.41) is 12.8. The Morgan fingerprint density at radius 1 is 1.27 bits per heavy atom. The second kappa shape index (κ2) is 4.62. The van der Waals surface area contributed by atoms with Crippen LogP contribution in [0.3, 0.4) is 0 Å². The van der Waals surface area contributed by atoms with E-state index in [9.17, 15) is 5.11 Å². The Labute approximate surface area is 90.5 Å². The van der Waals surface area contributed by atoms with E-state index < -0.39 is 0 Å². The minimum Gasteiger partial charge on any atom is -0.396 e. The van der Waals surface area contributed by atoms with Gasteiger partial charge in [-0.05, 0) is 25.0 Å². The van der Waals surface area contributed by atoms with Crippen molar-refractivity contribution in [1.29, 1.82) is 0 Å². The van der Waals surface area contributed by atoms with Crippen LogP contribution in [0, 0.1) is 5.41 Å². The molecule has 0 bridgehead atoms. The fourth-order valence-corrected chi connectivity index (χ4v) is 2.28. The van der Waals surface area contributed by atoms with Crippen LogP contribution in [0.2, 0.25) is 0 Å². The smallest absolute Gasteiger partial charge is 0.0504 e. The van der Waals surface area contributed by atoms with Crippen molar-refractivity contribution in [3.63, 3.8) is 0 Å². The van der Waals surface area contributed by atoms with Gasteiger partial charge in [0.1, 0.15) is 0 Å². The normalized spacial score (nSPS) is 19.0. The second-order valence-electron chi connectivity index (χ2n) is 4.45. The first kappa shape index (κ1) is 10.4. The van der Waals surface area contributed by atoms with Crippen LogP contribution in [0.5, 0.6) is 0 Å². The van der Waals surface area contributed by atoms with Crippen molar-refractivity contribution in [2.24, 2.45) is 5.41 Å². The number of nitrogens with zero attached hydrogens (tertiary/aromatic N) is 1. The number of nitrogens with one attached hydrogen (secondary N) is 1. The molecule has 1 aromatic heterocycles. The lowest BCUT2D eigenvalue weighted by Gasteiger charge is -2.27. The maximum absolute atomic E-state index is 9.44. The van der Waals surface area contributed by atoms with Gasteiger partial charge in [-0.15, -0.1) is 0 Å². The lowest BCUT2D eigenvalue weighted by Crippen LogP contribution is -2.30. The average molecular weight is 206 g/mol. The summed E-state index contributed by atoms with van der Waals surface area (Å²) in [6.45, 7) is 1.17. The molecule has 0 unspecified atom stereocenters. The van der Waals surface area contributed by atoms with Crippen molar-refractivity contribution in [3.05, 3.63) is 24.5 Å². The van der Waals surface area contributed by atoms with Gasteiger partial charge >= 0.3 is 0 Å². The van der Waals surface area contributed by atoms with Crippen molar-refractivity contribution < 1.29 is 5.11 Å². The number of aromatic nitrogens is 1. The van der Waals surface area contributed by atoms with Crippen LogP contribution in [0.25, 0.3) is 0 Å². The summed E-state index contributed by atoms with van der Waals surface area (Å²) in [4.78, 5) is 3.97. The summed E-state index contributed by atoms with van der Waals surface area (Å²) in [7, 11) is 0. The van der Waals surface area contributed by atoms with Gasteiger partial charge in [0, 0.05) is 30.0 Å². The zero-order valence-corrected chi connectivity index (χ0v) is 8.95. The first-order chi connectivity index (χ1) is 7.35. The number of hydrogen-bond donors (Lipinski definition) is 2. The van der Waals surface area contributed by atoms with Gasteiger partial charge in [0.2, 0.25) is 0 Å². The first-order valence-corrected chi connectivity index (χ1v) is 5.59. The van der Waals surface area contributed by atoms with E-state index in [-0.39, 0.29) is 5.41 Å². The third kappa shape index (κ3) is 2.48. The Morgan fingerprint density at radius 2 is 1.93 bits per heavy atom. The molecular weight excluding hydrogens is 188 g/mol. The lowest BCUT2D eigenvalue weighted by molar-refractivity contribution is 0.142. The summed E-state index contributed by atoms with van der Waals surface area (Å²) >= 11 is 0. The van der Waals surface area contributed by atoms with Gasteiger partial charge in [-0.3, -0.25) is 4.98 Å². The fourth-order valence-electron chi connectivity index (χ4n) is 2.28. The molecular formula is C12H18N2O. The van der Waals surface area contributed by atoms with Gasteiger partial charge < -0.3 is 10.4 Å². The van der Waals surface area contributed by atoms with E-state index in [2.05, 4.69) is 10.3 Å². The summed E-state index contributed by atoms with van der Waals surface area (Å²) in [6, 6.07) is 3.92.